The number of rotatable bonds is 3. The molecular weight excluding hydrogens is 255 g/mol. The van der Waals surface area contributed by atoms with E-state index in [2.05, 4.69) is 0 Å². The van der Waals surface area contributed by atoms with Crippen molar-refractivity contribution in [3.63, 3.8) is 0 Å². The van der Waals surface area contributed by atoms with E-state index in [-0.39, 0.29) is 5.41 Å². The van der Waals surface area contributed by atoms with Gasteiger partial charge in [0, 0.05) is 17.5 Å². The second-order valence-electron chi connectivity index (χ2n) is 5.10. The molecule has 0 radical (unpaired) electrons. The summed E-state index contributed by atoms with van der Waals surface area (Å²) in [7, 11) is 1.40. The molecule has 0 heterocycles. The Bertz CT molecular complexity index is 450. The molecule has 1 saturated carbocycles. The maximum absolute atomic E-state index is 12.7. The van der Waals surface area contributed by atoms with Crippen LogP contribution in [0.15, 0.2) is 18.2 Å². The van der Waals surface area contributed by atoms with Gasteiger partial charge in [0.1, 0.15) is 5.75 Å². The number of hydrogen-bond acceptors (Lipinski definition) is 2. The Morgan fingerprint density at radius 3 is 2.37 bits per heavy atom. The molecule has 0 bridgehead atoms. The highest BCUT2D eigenvalue weighted by molar-refractivity contribution is 5.44. The molecule has 1 aliphatic rings. The van der Waals surface area contributed by atoms with Gasteiger partial charge in [-0.05, 0) is 25.0 Å². The Morgan fingerprint density at radius 1 is 1.26 bits per heavy atom. The minimum atomic E-state index is -4.35. The highest BCUT2D eigenvalue weighted by Gasteiger charge is 2.38. The molecule has 5 heteroatoms. The molecule has 1 aliphatic carbocycles. The molecule has 1 aromatic carbocycles. The monoisotopic (exact) mass is 273 g/mol. The minimum absolute atomic E-state index is 0.227. The number of hydrogen-bond donors (Lipinski definition) is 1. The third-order valence-electron chi connectivity index (χ3n) is 4.05. The van der Waals surface area contributed by atoms with Crippen molar-refractivity contribution in [3.8, 4) is 5.75 Å². The molecule has 2 rings (SSSR count). The third kappa shape index (κ3) is 2.56. The lowest BCUT2D eigenvalue weighted by Gasteiger charge is -2.30. The van der Waals surface area contributed by atoms with Gasteiger partial charge in [0.2, 0.25) is 0 Å². The first-order valence-corrected chi connectivity index (χ1v) is 6.39. The number of alkyl halides is 3. The van der Waals surface area contributed by atoms with E-state index in [9.17, 15) is 13.2 Å². The average molecular weight is 273 g/mol. The molecule has 0 aromatic heterocycles. The zero-order valence-corrected chi connectivity index (χ0v) is 10.9. The standard InChI is InChI=1S/C14H18F3NO/c1-19-12-8-10(14(15,16)17)4-5-11(12)13(9-18)6-2-3-7-13/h4-5,8H,2-3,6-7,9,18H2,1H3. The number of halogens is 3. The predicted octanol–water partition coefficient (Wildman–Crippen LogP) is 3.48. The second-order valence-corrected chi connectivity index (χ2v) is 5.10. The molecule has 2 N–H and O–H groups in total. The maximum atomic E-state index is 12.7. The van der Waals surface area contributed by atoms with E-state index < -0.39 is 11.7 Å². The molecule has 0 aliphatic heterocycles. The van der Waals surface area contributed by atoms with E-state index in [1.165, 1.54) is 13.2 Å². The summed E-state index contributed by atoms with van der Waals surface area (Å²) in [6.07, 6.45) is -0.420. The van der Waals surface area contributed by atoms with Gasteiger partial charge in [0.15, 0.2) is 0 Å². The predicted molar refractivity (Wildman–Crippen MR) is 67.2 cm³/mol. The first-order chi connectivity index (χ1) is 8.93. The Morgan fingerprint density at radius 2 is 1.89 bits per heavy atom. The van der Waals surface area contributed by atoms with Crippen LogP contribution in [0.25, 0.3) is 0 Å². The van der Waals surface area contributed by atoms with Crippen molar-refractivity contribution in [2.75, 3.05) is 13.7 Å². The van der Waals surface area contributed by atoms with Crippen LogP contribution in [-0.4, -0.2) is 13.7 Å². The highest BCUT2D eigenvalue weighted by Crippen LogP contribution is 2.45. The molecule has 1 aromatic rings. The highest BCUT2D eigenvalue weighted by atomic mass is 19.4. The maximum Gasteiger partial charge on any atom is 0.416 e. The molecule has 0 saturated heterocycles. The van der Waals surface area contributed by atoms with Crippen LogP contribution in [0.5, 0.6) is 5.75 Å². The number of methoxy groups -OCH3 is 1. The van der Waals surface area contributed by atoms with Gasteiger partial charge in [0.05, 0.1) is 12.7 Å². The number of ether oxygens (including phenoxy) is 1. The van der Waals surface area contributed by atoms with Crippen molar-refractivity contribution in [1.29, 1.82) is 0 Å². The number of benzene rings is 1. The van der Waals surface area contributed by atoms with Crippen LogP contribution in [0.4, 0.5) is 13.2 Å². The van der Waals surface area contributed by atoms with Gasteiger partial charge in [-0.15, -0.1) is 0 Å². The van der Waals surface area contributed by atoms with Crippen LogP contribution in [0.3, 0.4) is 0 Å². The summed E-state index contributed by atoms with van der Waals surface area (Å²) < 4.78 is 43.3. The molecule has 106 valence electrons. The Balaban J connectivity index is 2.46. The van der Waals surface area contributed by atoms with Crippen LogP contribution in [0.2, 0.25) is 0 Å². The van der Waals surface area contributed by atoms with Gasteiger partial charge >= 0.3 is 6.18 Å². The molecule has 0 atom stereocenters. The first kappa shape index (κ1) is 14.2. The Hall–Kier alpha value is -1.23. The van der Waals surface area contributed by atoms with Crippen molar-refractivity contribution in [1.82, 2.24) is 0 Å². The Kier molecular flexibility index (Phi) is 3.76. The minimum Gasteiger partial charge on any atom is -0.496 e. The summed E-state index contributed by atoms with van der Waals surface area (Å²) in [5.74, 6) is 0.294. The molecule has 0 unspecified atom stereocenters. The topological polar surface area (TPSA) is 35.2 Å². The number of nitrogens with two attached hydrogens (primary N) is 1. The van der Waals surface area contributed by atoms with E-state index in [1.54, 1.807) is 0 Å². The van der Waals surface area contributed by atoms with Gasteiger partial charge in [-0.25, -0.2) is 0 Å². The van der Waals surface area contributed by atoms with Gasteiger partial charge in [-0.3, -0.25) is 0 Å². The van der Waals surface area contributed by atoms with E-state index in [0.29, 0.717) is 12.3 Å². The fourth-order valence-corrected chi connectivity index (χ4v) is 2.94. The van der Waals surface area contributed by atoms with Crippen LogP contribution < -0.4 is 10.5 Å². The SMILES string of the molecule is COc1cc(C(F)(F)F)ccc1C1(CN)CCCC1. The first-order valence-electron chi connectivity index (χ1n) is 6.39. The lowest BCUT2D eigenvalue weighted by atomic mass is 9.78. The summed E-state index contributed by atoms with van der Waals surface area (Å²) >= 11 is 0. The fourth-order valence-electron chi connectivity index (χ4n) is 2.94. The van der Waals surface area contributed by atoms with Crippen molar-refractivity contribution in [2.45, 2.75) is 37.3 Å². The molecular formula is C14H18F3NO. The largest absolute Gasteiger partial charge is 0.496 e. The van der Waals surface area contributed by atoms with Gasteiger partial charge < -0.3 is 10.5 Å². The van der Waals surface area contributed by atoms with Crippen LogP contribution in [-0.2, 0) is 11.6 Å². The smallest absolute Gasteiger partial charge is 0.416 e. The van der Waals surface area contributed by atoms with Crippen molar-refractivity contribution < 1.29 is 17.9 Å². The van der Waals surface area contributed by atoms with E-state index >= 15 is 0 Å². The lowest BCUT2D eigenvalue weighted by Crippen LogP contribution is -2.32. The van der Waals surface area contributed by atoms with Crippen LogP contribution in [0.1, 0.15) is 36.8 Å². The van der Waals surface area contributed by atoms with Gasteiger partial charge in [-0.1, -0.05) is 18.9 Å². The summed E-state index contributed by atoms with van der Waals surface area (Å²) in [5.41, 5.74) is 5.77. The molecule has 19 heavy (non-hydrogen) atoms. The summed E-state index contributed by atoms with van der Waals surface area (Å²) in [6.45, 7) is 0.439. The second kappa shape index (κ2) is 5.04. The van der Waals surface area contributed by atoms with E-state index in [0.717, 1.165) is 43.4 Å². The average Bonchev–Trinajstić information content (AvgIpc) is 2.86. The molecule has 1 fully saturated rings. The van der Waals surface area contributed by atoms with Gasteiger partial charge in [0.25, 0.3) is 0 Å². The molecule has 0 amide bonds. The van der Waals surface area contributed by atoms with Crippen LogP contribution >= 0.6 is 0 Å². The molecule has 2 nitrogen and oxygen atoms in total. The zero-order valence-electron chi connectivity index (χ0n) is 10.9. The zero-order chi connectivity index (χ0) is 14.1. The van der Waals surface area contributed by atoms with E-state index in [4.69, 9.17) is 10.5 Å². The quantitative estimate of drug-likeness (QED) is 0.915. The van der Waals surface area contributed by atoms with E-state index in [1.807, 2.05) is 0 Å². The van der Waals surface area contributed by atoms with Crippen molar-refractivity contribution >= 4 is 0 Å². The van der Waals surface area contributed by atoms with Gasteiger partial charge in [-0.2, -0.15) is 13.2 Å². The summed E-state index contributed by atoms with van der Waals surface area (Å²) in [6, 6.07) is 3.72. The normalized spacial score (nSPS) is 18.6. The summed E-state index contributed by atoms with van der Waals surface area (Å²) in [5, 5.41) is 0. The Labute approximate surface area is 110 Å². The van der Waals surface area contributed by atoms with Crippen LogP contribution in [0, 0.1) is 0 Å². The molecule has 0 spiro atoms. The summed E-state index contributed by atoms with van der Waals surface area (Å²) in [4.78, 5) is 0. The van der Waals surface area contributed by atoms with Crippen molar-refractivity contribution in [2.24, 2.45) is 5.73 Å². The third-order valence-corrected chi connectivity index (χ3v) is 4.05. The van der Waals surface area contributed by atoms with Crippen molar-refractivity contribution in [3.05, 3.63) is 29.3 Å². The lowest BCUT2D eigenvalue weighted by molar-refractivity contribution is -0.137. The fraction of sp³-hybridized carbons (Fsp3) is 0.571.